The number of aromatic nitrogens is 2. The predicted octanol–water partition coefficient (Wildman–Crippen LogP) is 0.226. The lowest BCUT2D eigenvalue weighted by Gasteiger charge is -2.32. The third-order valence-electron chi connectivity index (χ3n) is 3.63. The molecule has 1 atom stereocenters. The van der Waals surface area contributed by atoms with Gasteiger partial charge in [-0.15, -0.1) is 0 Å². The lowest BCUT2D eigenvalue weighted by Crippen LogP contribution is -2.51. The summed E-state index contributed by atoms with van der Waals surface area (Å²) in [7, 11) is 1.68. The fraction of sp³-hybridized carbons (Fsp3) is 0.615. The number of carboxylic acid groups (broad SMARTS) is 1. The molecule has 0 aliphatic carbocycles. The van der Waals surface area contributed by atoms with E-state index < -0.39 is 12.0 Å². The summed E-state index contributed by atoms with van der Waals surface area (Å²) in [4.78, 5) is 31.7. The summed E-state index contributed by atoms with van der Waals surface area (Å²) in [5.41, 5.74) is 0.663. The molecule has 2 rings (SSSR count). The molecule has 8 heteroatoms. The number of carboxylic acids is 1. The highest BCUT2D eigenvalue weighted by Crippen LogP contribution is 2.13. The van der Waals surface area contributed by atoms with Gasteiger partial charge in [-0.2, -0.15) is 0 Å². The minimum atomic E-state index is -1.07. The molecule has 21 heavy (non-hydrogen) atoms. The van der Waals surface area contributed by atoms with Crippen LogP contribution in [0.5, 0.6) is 0 Å². The van der Waals surface area contributed by atoms with Crippen molar-refractivity contribution in [3.8, 4) is 0 Å². The summed E-state index contributed by atoms with van der Waals surface area (Å²) >= 11 is 0. The fourth-order valence-corrected chi connectivity index (χ4v) is 2.31. The van der Waals surface area contributed by atoms with Crippen LogP contribution < -0.4 is 5.32 Å². The zero-order valence-electron chi connectivity index (χ0n) is 11.9. The number of amides is 2. The Morgan fingerprint density at radius 1 is 1.57 bits per heavy atom. The number of H-pyrrole nitrogens is 1. The molecule has 0 spiro atoms. The molecule has 8 nitrogen and oxygen atoms in total. The standard InChI is InChI=1S/C13H20N4O4/c1-17(10-2-4-21-5-3-10)13(20)16-11(12(18)19)6-9-7-14-8-15-9/h7-8,10-11H,2-6H2,1H3,(H,14,15)(H,16,20)(H,18,19)/t11-/m1/s1. The maximum Gasteiger partial charge on any atom is 0.326 e. The molecular formula is C13H20N4O4. The van der Waals surface area contributed by atoms with E-state index in [2.05, 4.69) is 15.3 Å². The lowest BCUT2D eigenvalue weighted by molar-refractivity contribution is -0.139. The van der Waals surface area contributed by atoms with Crippen LogP contribution in [-0.4, -0.2) is 64.3 Å². The largest absolute Gasteiger partial charge is 0.480 e. The Morgan fingerprint density at radius 2 is 2.29 bits per heavy atom. The number of carbonyl (C=O) groups is 2. The molecule has 0 radical (unpaired) electrons. The predicted molar refractivity (Wildman–Crippen MR) is 73.9 cm³/mol. The Balaban J connectivity index is 1.92. The molecule has 116 valence electrons. The molecule has 3 N–H and O–H groups in total. The highest BCUT2D eigenvalue weighted by Gasteiger charge is 2.27. The van der Waals surface area contributed by atoms with Crippen LogP contribution >= 0.6 is 0 Å². The monoisotopic (exact) mass is 296 g/mol. The Bertz CT molecular complexity index is 471. The summed E-state index contributed by atoms with van der Waals surface area (Å²) in [6.07, 6.45) is 4.72. The van der Waals surface area contributed by atoms with E-state index in [1.165, 1.54) is 6.33 Å². The van der Waals surface area contributed by atoms with Crippen molar-refractivity contribution < 1.29 is 19.4 Å². The van der Waals surface area contributed by atoms with Crippen molar-refractivity contribution in [2.45, 2.75) is 31.3 Å². The van der Waals surface area contributed by atoms with Crippen LogP contribution in [0.4, 0.5) is 4.79 Å². The van der Waals surface area contributed by atoms with E-state index in [1.807, 2.05) is 0 Å². The van der Waals surface area contributed by atoms with Gasteiger partial charge in [0.1, 0.15) is 6.04 Å². The van der Waals surface area contributed by atoms with E-state index in [4.69, 9.17) is 4.74 Å². The number of hydrogen-bond donors (Lipinski definition) is 3. The topological polar surface area (TPSA) is 108 Å². The van der Waals surface area contributed by atoms with Gasteiger partial charge in [0.15, 0.2) is 0 Å². The van der Waals surface area contributed by atoms with E-state index in [0.29, 0.717) is 18.9 Å². The van der Waals surface area contributed by atoms with Gasteiger partial charge in [0.05, 0.1) is 6.33 Å². The van der Waals surface area contributed by atoms with E-state index >= 15 is 0 Å². The van der Waals surface area contributed by atoms with E-state index in [0.717, 1.165) is 12.8 Å². The number of aliphatic carboxylic acids is 1. The van der Waals surface area contributed by atoms with Crippen molar-refractivity contribution in [2.24, 2.45) is 0 Å². The average molecular weight is 296 g/mol. The van der Waals surface area contributed by atoms with Gasteiger partial charge in [0, 0.05) is 44.6 Å². The van der Waals surface area contributed by atoms with Crippen LogP contribution in [0.2, 0.25) is 0 Å². The average Bonchev–Trinajstić information content (AvgIpc) is 2.99. The molecule has 2 amide bonds. The summed E-state index contributed by atoms with van der Waals surface area (Å²) in [5.74, 6) is -1.07. The number of hydrogen-bond acceptors (Lipinski definition) is 4. The molecule has 1 aliphatic heterocycles. The third kappa shape index (κ3) is 4.19. The Kier molecular flexibility index (Phi) is 5.15. The van der Waals surface area contributed by atoms with Gasteiger partial charge >= 0.3 is 12.0 Å². The normalized spacial score (nSPS) is 17.2. The molecule has 0 bridgehead atoms. The first-order valence-electron chi connectivity index (χ1n) is 6.89. The Labute approximate surface area is 122 Å². The highest BCUT2D eigenvalue weighted by atomic mass is 16.5. The van der Waals surface area contributed by atoms with Crippen molar-refractivity contribution >= 4 is 12.0 Å². The maximum absolute atomic E-state index is 12.2. The number of nitrogens with zero attached hydrogens (tertiary/aromatic N) is 2. The number of aromatic amines is 1. The number of urea groups is 1. The van der Waals surface area contributed by atoms with Crippen LogP contribution in [0.1, 0.15) is 18.5 Å². The molecule has 1 aromatic rings. The van der Waals surface area contributed by atoms with Gasteiger partial charge in [-0.1, -0.05) is 0 Å². The SMILES string of the molecule is CN(C(=O)N[C@H](Cc1cnc[nH]1)C(=O)O)C1CCOCC1. The summed E-state index contributed by atoms with van der Waals surface area (Å²) in [6, 6.07) is -1.28. The zero-order chi connectivity index (χ0) is 15.2. The first-order valence-corrected chi connectivity index (χ1v) is 6.89. The summed E-state index contributed by atoms with van der Waals surface area (Å²) in [6.45, 7) is 1.25. The number of nitrogens with one attached hydrogen (secondary N) is 2. The van der Waals surface area contributed by atoms with Crippen molar-refractivity contribution in [1.82, 2.24) is 20.2 Å². The van der Waals surface area contributed by atoms with Crippen LogP contribution in [-0.2, 0) is 16.0 Å². The van der Waals surface area contributed by atoms with Gasteiger partial charge < -0.3 is 25.0 Å². The second-order valence-electron chi connectivity index (χ2n) is 5.08. The fourth-order valence-electron chi connectivity index (χ4n) is 2.31. The first kappa shape index (κ1) is 15.3. The van der Waals surface area contributed by atoms with E-state index in [1.54, 1.807) is 18.1 Å². The third-order valence-corrected chi connectivity index (χ3v) is 3.63. The van der Waals surface area contributed by atoms with Crippen molar-refractivity contribution in [3.05, 3.63) is 18.2 Å². The van der Waals surface area contributed by atoms with E-state index in [9.17, 15) is 14.7 Å². The molecule has 0 unspecified atom stereocenters. The van der Waals surface area contributed by atoms with Crippen LogP contribution in [0.3, 0.4) is 0 Å². The lowest BCUT2D eigenvalue weighted by atomic mass is 10.1. The molecule has 1 saturated heterocycles. The Morgan fingerprint density at radius 3 is 2.86 bits per heavy atom. The summed E-state index contributed by atoms with van der Waals surface area (Å²) in [5, 5.41) is 11.8. The smallest absolute Gasteiger partial charge is 0.326 e. The molecular weight excluding hydrogens is 276 g/mol. The van der Waals surface area contributed by atoms with Crippen LogP contribution in [0.15, 0.2) is 12.5 Å². The zero-order valence-corrected chi connectivity index (χ0v) is 11.9. The van der Waals surface area contributed by atoms with Crippen LogP contribution in [0.25, 0.3) is 0 Å². The van der Waals surface area contributed by atoms with Crippen molar-refractivity contribution in [3.63, 3.8) is 0 Å². The maximum atomic E-state index is 12.2. The minimum absolute atomic E-state index is 0.0837. The van der Waals surface area contributed by atoms with Gasteiger partial charge in [-0.3, -0.25) is 0 Å². The second kappa shape index (κ2) is 7.07. The number of imidazole rings is 1. The van der Waals surface area contributed by atoms with Gasteiger partial charge in [0.2, 0.25) is 0 Å². The molecule has 1 aromatic heterocycles. The number of rotatable bonds is 5. The molecule has 1 fully saturated rings. The Hall–Kier alpha value is -2.09. The molecule has 2 heterocycles. The van der Waals surface area contributed by atoms with Crippen molar-refractivity contribution in [2.75, 3.05) is 20.3 Å². The van der Waals surface area contributed by atoms with Crippen molar-refractivity contribution in [1.29, 1.82) is 0 Å². The molecule has 1 aliphatic rings. The van der Waals surface area contributed by atoms with Gasteiger partial charge in [-0.05, 0) is 12.8 Å². The van der Waals surface area contributed by atoms with Gasteiger partial charge in [0.25, 0.3) is 0 Å². The molecule has 0 aromatic carbocycles. The number of ether oxygens (including phenoxy) is 1. The van der Waals surface area contributed by atoms with Gasteiger partial charge in [-0.25, -0.2) is 14.6 Å². The molecule has 0 saturated carbocycles. The number of carbonyl (C=O) groups excluding carboxylic acids is 1. The quantitative estimate of drug-likeness (QED) is 0.720. The first-order chi connectivity index (χ1) is 10.1. The summed E-state index contributed by atoms with van der Waals surface area (Å²) < 4.78 is 5.26. The van der Waals surface area contributed by atoms with Crippen LogP contribution in [0, 0.1) is 0 Å². The van der Waals surface area contributed by atoms with E-state index in [-0.39, 0.29) is 18.5 Å². The highest BCUT2D eigenvalue weighted by molar-refractivity contribution is 5.82. The minimum Gasteiger partial charge on any atom is -0.480 e. The second-order valence-corrected chi connectivity index (χ2v) is 5.08.